The van der Waals surface area contributed by atoms with Crippen molar-refractivity contribution in [2.24, 2.45) is 0 Å². The second kappa shape index (κ2) is 5.24. The zero-order valence-corrected chi connectivity index (χ0v) is 10.4. The fourth-order valence-electron chi connectivity index (χ4n) is 1.92. The molecular formula is C12H10F2N2O4. The molecule has 1 heterocycles. The van der Waals surface area contributed by atoms with Crippen LogP contribution >= 0.6 is 0 Å². The van der Waals surface area contributed by atoms with Gasteiger partial charge in [-0.2, -0.15) is 0 Å². The molecule has 0 aliphatic carbocycles. The Morgan fingerprint density at radius 3 is 2.70 bits per heavy atom. The summed E-state index contributed by atoms with van der Waals surface area (Å²) in [5.74, 6) is -3.69. The van der Waals surface area contributed by atoms with Crippen molar-refractivity contribution in [1.82, 2.24) is 0 Å². The summed E-state index contributed by atoms with van der Waals surface area (Å²) in [4.78, 5) is 22.3. The zero-order valence-electron chi connectivity index (χ0n) is 10.4. The van der Waals surface area contributed by atoms with Crippen LogP contribution in [0.4, 0.5) is 20.2 Å². The van der Waals surface area contributed by atoms with E-state index in [-0.39, 0.29) is 6.42 Å². The number of hydrogen-bond acceptors (Lipinski definition) is 4. The maximum absolute atomic E-state index is 14.2. The molecule has 0 spiro atoms. The van der Waals surface area contributed by atoms with Crippen LogP contribution in [0, 0.1) is 21.7 Å². The van der Waals surface area contributed by atoms with Gasteiger partial charge in [0.05, 0.1) is 18.1 Å². The van der Waals surface area contributed by atoms with Crippen LogP contribution in [0.3, 0.4) is 0 Å². The maximum Gasteiger partial charge on any atom is 0.317 e. The highest BCUT2D eigenvalue weighted by Crippen LogP contribution is 2.39. The van der Waals surface area contributed by atoms with E-state index in [1.165, 1.54) is 6.20 Å². The van der Waals surface area contributed by atoms with Crippen molar-refractivity contribution in [2.75, 3.05) is 12.0 Å². The molecule has 0 N–H and O–H groups in total. The highest BCUT2D eigenvalue weighted by atomic mass is 19.1. The van der Waals surface area contributed by atoms with E-state index in [0.717, 1.165) is 12.0 Å². The van der Waals surface area contributed by atoms with Gasteiger partial charge in [-0.1, -0.05) is 6.08 Å². The van der Waals surface area contributed by atoms with Gasteiger partial charge >= 0.3 is 5.69 Å². The molecule has 0 aromatic heterocycles. The van der Waals surface area contributed by atoms with E-state index in [9.17, 15) is 23.7 Å². The Kier molecular flexibility index (Phi) is 3.64. The molecule has 1 aromatic rings. The number of rotatable bonds is 3. The van der Waals surface area contributed by atoms with Crippen LogP contribution in [-0.4, -0.2) is 17.9 Å². The Morgan fingerprint density at radius 1 is 1.45 bits per heavy atom. The fraction of sp³-hybridized carbons (Fsp3) is 0.250. The summed E-state index contributed by atoms with van der Waals surface area (Å²) in [5.41, 5.74) is -1.51. The van der Waals surface area contributed by atoms with Gasteiger partial charge in [-0.15, -0.1) is 0 Å². The molecule has 2 rings (SSSR count). The number of carbonyl (C=O) groups excluding carboxylic acids is 1. The summed E-state index contributed by atoms with van der Waals surface area (Å²) in [6, 6.07) is 0.535. The molecule has 8 heteroatoms. The normalized spacial score (nSPS) is 14.6. The van der Waals surface area contributed by atoms with Crippen molar-refractivity contribution in [3.05, 3.63) is 40.1 Å². The number of nitro groups is 1. The molecular weight excluding hydrogens is 274 g/mol. The quantitative estimate of drug-likeness (QED) is 0.631. The second-order valence-corrected chi connectivity index (χ2v) is 4.02. The number of benzene rings is 1. The summed E-state index contributed by atoms with van der Waals surface area (Å²) < 4.78 is 32.7. The number of allylic oxidation sites excluding steroid dienone is 1. The number of methoxy groups -OCH3 is 1. The minimum Gasteiger partial charge on any atom is -0.488 e. The number of nitrogens with zero attached hydrogens (tertiary/aromatic N) is 2. The highest BCUT2D eigenvalue weighted by molar-refractivity contribution is 5.96. The summed E-state index contributed by atoms with van der Waals surface area (Å²) in [7, 11) is 1.03. The molecule has 1 aromatic carbocycles. The zero-order chi connectivity index (χ0) is 14.9. The van der Waals surface area contributed by atoms with Crippen molar-refractivity contribution in [3.8, 4) is 5.75 Å². The molecule has 0 bridgehead atoms. The van der Waals surface area contributed by atoms with Crippen molar-refractivity contribution in [2.45, 2.75) is 12.8 Å². The van der Waals surface area contributed by atoms with E-state index < -0.39 is 39.6 Å². The van der Waals surface area contributed by atoms with Gasteiger partial charge in [-0.3, -0.25) is 19.8 Å². The summed E-state index contributed by atoms with van der Waals surface area (Å²) in [5, 5.41) is 10.7. The smallest absolute Gasteiger partial charge is 0.317 e. The largest absolute Gasteiger partial charge is 0.488 e. The van der Waals surface area contributed by atoms with Crippen molar-refractivity contribution >= 4 is 17.3 Å². The molecule has 0 saturated carbocycles. The molecule has 106 valence electrons. The van der Waals surface area contributed by atoms with Crippen LogP contribution in [0.25, 0.3) is 0 Å². The number of halogens is 2. The molecule has 1 amide bonds. The van der Waals surface area contributed by atoms with Crippen molar-refractivity contribution in [3.63, 3.8) is 0 Å². The third kappa shape index (κ3) is 2.20. The lowest BCUT2D eigenvalue weighted by Gasteiger charge is -2.23. The van der Waals surface area contributed by atoms with Crippen LogP contribution in [0.5, 0.6) is 5.75 Å². The van der Waals surface area contributed by atoms with Gasteiger partial charge in [0.2, 0.25) is 11.7 Å². The third-order valence-corrected chi connectivity index (χ3v) is 2.82. The number of nitro benzene ring substituents is 1. The Labute approximate surface area is 112 Å². The molecule has 20 heavy (non-hydrogen) atoms. The van der Waals surface area contributed by atoms with E-state index in [1.54, 1.807) is 6.08 Å². The van der Waals surface area contributed by atoms with Crippen molar-refractivity contribution in [1.29, 1.82) is 0 Å². The minimum atomic E-state index is -1.28. The van der Waals surface area contributed by atoms with Crippen LogP contribution in [0.1, 0.15) is 12.8 Å². The standard InChI is InChI=1S/C12H10F2N2O4/c1-20-12-8(16(18)19)6-7(13)11(10(12)14)15-5-3-2-4-9(15)17/h3,5-6H,2,4H2,1H3. The lowest BCUT2D eigenvalue weighted by Crippen LogP contribution is -2.29. The molecule has 0 atom stereocenters. The SMILES string of the molecule is COc1c([N+](=O)[O-])cc(F)c(N2C=CCCC2=O)c1F. The molecule has 0 unspecified atom stereocenters. The number of ether oxygens (including phenoxy) is 1. The number of carbonyl (C=O) groups is 1. The van der Waals surface area contributed by atoms with Crippen LogP contribution < -0.4 is 9.64 Å². The summed E-state index contributed by atoms with van der Waals surface area (Å²) in [6.45, 7) is 0. The molecule has 0 radical (unpaired) electrons. The Hall–Kier alpha value is -2.51. The first-order chi connectivity index (χ1) is 9.47. The minimum absolute atomic E-state index is 0.106. The van der Waals surface area contributed by atoms with Crippen LogP contribution in [0.15, 0.2) is 18.3 Å². The summed E-state index contributed by atoms with van der Waals surface area (Å²) >= 11 is 0. The molecule has 0 saturated heterocycles. The maximum atomic E-state index is 14.2. The predicted octanol–water partition coefficient (Wildman–Crippen LogP) is 2.52. The monoisotopic (exact) mass is 284 g/mol. The average Bonchev–Trinajstić information content (AvgIpc) is 2.40. The number of anilines is 1. The van der Waals surface area contributed by atoms with Gasteiger partial charge in [0.25, 0.3) is 0 Å². The number of hydrogen-bond donors (Lipinski definition) is 0. The lowest BCUT2D eigenvalue weighted by molar-refractivity contribution is -0.386. The van der Waals surface area contributed by atoms with E-state index in [4.69, 9.17) is 0 Å². The van der Waals surface area contributed by atoms with Crippen molar-refractivity contribution < 1.29 is 23.2 Å². The first-order valence-corrected chi connectivity index (χ1v) is 5.66. The lowest BCUT2D eigenvalue weighted by atomic mass is 10.1. The molecule has 6 nitrogen and oxygen atoms in total. The molecule has 0 fully saturated rings. The van der Waals surface area contributed by atoms with E-state index in [2.05, 4.69) is 4.74 Å². The highest BCUT2D eigenvalue weighted by Gasteiger charge is 2.31. The molecule has 1 aliphatic rings. The van der Waals surface area contributed by atoms with Crippen LogP contribution in [-0.2, 0) is 4.79 Å². The third-order valence-electron chi connectivity index (χ3n) is 2.82. The van der Waals surface area contributed by atoms with E-state index in [1.807, 2.05) is 0 Å². The summed E-state index contributed by atoms with van der Waals surface area (Å²) in [6.07, 6.45) is 3.39. The van der Waals surface area contributed by atoms with Crippen LogP contribution in [0.2, 0.25) is 0 Å². The van der Waals surface area contributed by atoms with E-state index in [0.29, 0.717) is 12.5 Å². The van der Waals surface area contributed by atoms with Gasteiger partial charge in [0, 0.05) is 12.6 Å². The Balaban J connectivity index is 2.65. The topological polar surface area (TPSA) is 72.7 Å². The predicted molar refractivity (Wildman–Crippen MR) is 65.4 cm³/mol. The van der Waals surface area contributed by atoms with E-state index >= 15 is 0 Å². The van der Waals surface area contributed by atoms with Gasteiger partial charge in [-0.25, -0.2) is 8.78 Å². The first kappa shape index (κ1) is 13.9. The average molecular weight is 284 g/mol. The number of amides is 1. The Bertz CT molecular complexity index is 616. The fourth-order valence-corrected chi connectivity index (χ4v) is 1.92. The second-order valence-electron chi connectivity index (χ2n) is 4.02. The van der Waals surface area contributed by atoms with Gasteiger partial charge in [-0.05, 0) is 6.42 Å². The Morgan fingerprint density at radius 2 is 2.15 bits per heavy atom. The first-order valence-electron chi connectivity index (χ1n) is 5.66. The van der Waals surface area contributed by atoms with Gasteiger partial charge in [0.15, 0.2) is 11.6 Å². The van der Waals surface area contributed by atoms with Gasteiger partial charge < -0.3 is 4.74 Å². The molecule has 1 aliphatic heterocycles. The van der Waals surface area contributed by atoms with Gasteiger partial charge in [0.1, 0.15) is 5.69 Å².